The van der Waals surface area contributed by atoms with Gasteiger partial charge in [-0.05, 0) is 55.2 Å². The zero-order valence-electron chi connectivity index (χ0n) is 13.8. The van der Waals surface area contributed by atoms with Gasteiger partial charge in [-0.15, -0.1) is 0 Å². The smallest absolute Gasteiger partial charge is 0.255 e. The maximum atomic E-state index is 12.4. The number of nitrogens with two attached hydrogens (primary N) is 1. The first kappa shape index (κ1) is 16.1. The van der Waals surface area contributed by atoms with Gasteiger partial charge in [0.05, 0.1) is 0 Å². The van der Waals surface area contributed by atoms with Gasteiger partial charge in [-0.2, -0.15) is 0 Å². The summed E-state index contributed by atoms with van der Waals surface area (Å²) >= 11 is 0. The summed E-state index contributed by atoms with van der Waals surface area (Å²) in [6, 6.07) is 12.3. The van der Waals surface area contributed by atoms with E-state index in [-0.39, 0.29) is 17.7 Å². The highest BCUT2D eigenvalue weighted by Crippen LogP contribution is 2.38. The molecule has 0 spiro atoms. The molecule has 0 heterocycles. The van der Waals surface area contributed by atoms with Crippen molar-refractivity contribution in [1.29, 1.82) is 0 Å². The van der Waals surface area contributed by atoms with E-state index >= 15 is 0 Å². The van der Waals surface area contributed by atoms with Crippen LogP contribution in [0.4, 0.5) is 17.1 Å². The number of amides is 2. The zero-order valence-corrected chi connectivity index (χ0v) is 13.8. The maximum Gasteiger partial charge on any atom is 0.255 e. The molecule has 1 aliphatic carbocycles. The van der Waals surface area contributed by atoms with Gasteiger partial charge >= 0.3 is 0 Å². The number of aryl methyl sites for hydroxylation is 1. The first-order valence-electron chi connectivity index (χ1n) is 8.02. The van der Waals surface area contributed by atoms with Gasteiger partial charge in [-0.3, -0.25) is 9.59 Å². The SMILES string of the molecule is Cc1ccc(N)cc1NC(=O)c1cccc(NC(=O)C2CC2C)c1. The van der Waals surface area contributed by atoms with Crippen LogP contribution in [0.3, 0.4) is 0 Å². The predicted octanol–water partition coefficient (Wildman–Crippen LogP) is 3.42. The van der Waals surface area contributed by atoms with E-state index in [0.29, 0.717) is 28.5 Å². The number of benzene rings is 2. The van der Waals surface area contributed by atoms with E-state index in [0.717, 1.165) is 12.0 Å². The van der Waals surface area contributed by atoms with Crippen LogP contribution in [0.1, 0.15) is 29.3 Å². The fourth-order valence-electron chi connectivity index (χ4n) is 2.63. The van der Waals surface area contributed by atoms with Crippen molar-refractivity contribution in [1.82, 2.24) is 0 Å². The van der Waals surface area contributed by atoms with E-state index in [4.69, 9.17) is 5.73 Å². The number of nitrogen functional groups attached to an aromatic ring is 1. The molecule has 3 rings (SSSR count). The summed E-state index contributed by atoms with van der Waals surface area (Å²) in [7, 11) is 0. The van der Waals surface area contributed by atoms with Crippen LogP contribution in [-0.2, 0) is 4.79 Å². The minimum Gasteiger partial charge on any atom is -0.399 e. The average molecular weight is 323 g/mol. The molecule has 1 fully saturated rings. The number of hydrogen-bond acceptors (Lipinski definition) is 3. The third-order valence-corrected chi connectivity index (χ3v) is 4.35. The molecule has 0 aromatic heterocycles. The molecule has 1 aliphatic rings. The first-order chi connectivity index (χ1) is 11.4. The van der Waals surface area contributed by atoms with Gasteiger partial charge in [0.1, 0.15) is 0 Å². The van der Waals surface area contributed by atoms with Crippen molar-refractivity contribution in [2.45, 2.75) is 20.3 Å². The standard InChI is InChI=1S/C19H21N3O2/c1-11-6-7-14(20)10-17(11)22-18(23)13-4-3-5-15(9-13)21-19(24)16-8-12(16)2/h3-7,9-10,12,16H,8,20H2,1-2H3,(H,21,24)(H,22,23). The van der Waals surface area contributed by atoms with Crippen LogP contribution < -0.4 is 16.4 Å². The molecule has 2 aromatic rings. The molecule has 0 saturated heterocycles. The van der Waals surface area contributed by atoms with Crippen molar-refractivity contribution in [2.24, 2.45) is 11.8 Å². The lowest BCUT2D eigenvalue weighted by Crippen LogP contribution is -2.16. The Morgan fingerprint density at radius 1 is 1.12 bits per heavy atom. The van der Waals surface area contributed by atoms with E-state index in [1.807, 2.05) is 13.0 Å². The van der Waals surface area contributed by atoms with Gasteiger partial charge in [-0.1, -0.05) is 19.1 Å². The summed E-state index contributed by atoms with van der Waals surface area (Å²) in [4.78, 5) is 24.5. The monoisotopic (exact) mass is 323 g/mol. The molecule has 124 valence electrons. The summed E-state index contributed by atoms with van der Waals surface area (Å²) < 4.78 is 0. The Morgan fingerprint density at radius 3 is 2.58 bits per heavy atom. The van der Waals surface area contributed by atoms with Crippen LogP contribution in [0.2, 0.25) is 0 Å². The van der Waals surface area contributed by atoms with Gasteiger partial charge < -0.3 is 16.4 Å². The molecular weight excluding hydrogens is 302 g/mol. The quantitative estimate of drug-likeness (QED) is 0.754. The fourth-order valence-corrected chi connectivity index (χ4v) is 2.63. The number of anilines is 3. The number of nitrogens with one attached hydrogen (secondary N) is 2. The molecular formula is C19H21N3O2. The molecule has 2 unspecified atom stereocenters. The Labute approximate surface area is 141 Å². The third-order valence-electron chi connectivity index (χ3n) is 4.35. The minimum absolute atomic E-state index is 0.0201. The lowest BCUT2D eigenvalue weighted by atomic mass is 10.1. The Morgan fingerprint density at radius 2 is 1.88 bits per heavy atom. The van der Waals surface area contributed by atoms with Crippen LogP contribution in [0, 0.1) is 18.8 Å². The molecule has 0 bridgehead atoms. The third kappa shape index (κ3) is 3.56. The highest BCUT2D eigenvalue weighted by molar-refractivity contribution is 6.06. The zero-order chi connectivity index (χ0) is 17.3. The lowest BCUT2D eigenvalue weighted by molar-refractivity contribution is -0.117. The van der Waals surface area contributed by atoms with Gasteiger partial charge in [0.15, 0.2) is 0 Å². The topological polar surface area (TPSA) is 84.2 Å². The van der Waals surface area contributed by atoms with Gasteiger partial charge in [0.2, 0.25) is 5.91 Å². The van der Waals surface area contributed by atoms with Crippen molar-refractivity contribution < 1.29 is 9.59 Å². The second-order valence-electron chi connectivity index (χ2n) is 6.42. The highest BCUT2D eigenvalue weighted by Gasteiger charge is 2.39. The molecule has 2 aromatic carbocycles. The summed E-state index contributed by atoms with van der Waals surface area (Å²) in [5, 5.41) is 5.73. The molecule has 2 atom stereocenters. The van der Waals surface area contributed by atoms with E-state index in [1.54, 1.807) is 36.4 Å². The van der Waals surface area contributed by atoms with Crippen molar-refractivity contribution in [2.75, 3.05) is 16.4 Å². The van der Waals surface area contributed by atoms with Crippen molar-refractivity contribution >= 4 is 28.9 Å². The fraction of sp³-hybridized carbons (Fsp3) is 0.263. The van der Waals surface area contributed by atoms with Gasteiger partial charge in [-0.25, -0.2) is 0 Å². The van der Waals surface area contributed by atoms with Gasteiger partial charge in [0, 0.05) is 28.5 Å². The molecule has 5 heteroatoms. The Balaban J connectivity index is 1.72. The maximum absolute atomic E-state index is 12.4. The van der Waals surface area contributed by atoms with Crippen LogP contribution in [0.5, 0.6) is 0 Å². The number of rotatable bonds is 4. The van der Waals surface area contributed by atoms with Crippen LogP contribution in [-0.4, -0.2) is 11.8 Å². The van der Waals surface area contributed by atoms with E-state index < -0.39 is 0 Å². The predicted molar refractivity (Wildman–Crippen MR) is 95.9 cm³/mol. The highest BCUT2D eigenvalue weighted by atomic mass is 16.2. The summed E-state index contributed by atoms with van der Waals surface area (Å²) in [5.41, 5.74) is 9.10. The van der Waals surface area contributed by atoms with Crippen molar-refractivity contribution in [3.05, 3.63) is 53.6 Å². The van der Waals surface area contributed by atoms with Crippen molar-refractivity contribution in [3.63, 3.8) is 0 Å². The summed E-state index contributed by atoms with van der Waals surface area (Å²) in [6.45, 7) is 3.96. The van der Waals surface area contributed by atoms with Crippen molar-refractivity contribution in [3.8, 4) is 0 Å². The van der Waals surface area contributed by atoms with Crippen LogP contribution in [0.25, 0.3) is 0 Å². The molecule has 0 radical (unpaired) electrons. The second kappa shape index (κ2) is 6.35. The molecule has 4 N–H and O–H groups in total. The number of carbonyl (C=O) groups is 2. The van der Waals surface area contributed by atoms with Crippen LogP contribution >= 0.6 is 0 Å². The van der Waals surface area contributed by atoms with Crippen LogP contribution in [0.15, 0.2) is 42.5 Å². The van der Waals surface area contributed by atoms with Gasteiger partial charge in [0.25, 0.3) is 5.91 Å². The molecule has 5 nitrogen and oxygen atoms in total. The van der Waals surface area contributed by atoms with E-state index in [9.17, 15) is 9.59 Å². The summed E-state index contributed by atoms with van der Waals surface area (Å²) in [5.74, 6) is 0.326. The van der Waals surface area contributed by atoms with E-state index in [2.05, 4.69) is 17.6 Å². The molecule has 0 aliphatic heterocycles. The second-order valence-corrected chi connectivity index (χ2v) is 6.42. The Hall–Kier alpha value is -2.82. The normalized spacial score (nSPS) is 18.8. The first-order valence-corrected chi connectivity index (χ1v) is 8.02. The summed E-state index contributed by atoms with van der Waals surface area (Å²) in [6.07, 6.45) is 0.931. The lowest BCUT2D eigenvalue weighted by Gasteiger charge is -2.10. The number of hydrogen-bond donors (Lipinski definition) is 3. The Bertz CT molecular complexity index is 801. The average Bonchev–Trinajstić information content (AvgIpc) is 3.28. The van der Waals surface area contributed by atoms with E-state index in [1.165, 1.54) is 0 Å². The number of carbonyl (C=O) groups excluding carboxylic acids is 2. The minimum atomic E-state index is -0.236. The molecule has 24 heavy (non-hydrogen) atoms. The Kier molecular flexibility index (Phi) is 4.25. The molecule has 1 saturated carbocycles. The molecule has 2 amide bonds. The largest absolute Gasteiger partial charge is 0.399 e.